The van der Waals surface area contributed by atoms with Crippen LogP contribution in [-0.4, -0.2) is 36.8 Å². The van der Waals surface area contributed by atoms with E-state index in [-0.39, 0.29) is 6.61 Å². The van der Waals surface area contributed by atoms with Gasteiger partial charge >= 0.3 is 0 Å². The third-order valence-corrected chi connectivity index (χ3v) is 4.12. The van der Waals surface area contributed by atoms with Crippen LogP contribution in [0.25, 0.3) is 0 Å². The van der Waals surface area contributed by atoms with E-state index in [1.807, 2.05) is 12.1 Å². The molecule has 1 aromatic rings. The second-order valence-corrected chi connectivity index (χ2v) is 5.80. The lowest BCUT2D eigenvalue weighted by Gasteiger charge is -2.21. The molecule has 0 aromatic heterocycles. The number of nitrogens with zero attached hydrogens (tertiary/aromatic N) is 1. The third kappa shape index (κ3) is 4.77. The van der Waals surface area contributed by atoms with Gasteiger partial charge in [-0.1, -0.05) is 18.8 Å². The molecule has 1 heterocycles. The number of benzene rings is 1. The Labute approximate surface area is 127 Å². The highest BCUT2D eigenvalue weighted by molar-refractivity contribution is 5.45. The number of methoxy groups -OCH3 is 1. The summed E-state index contributed by atoms with van der Waals surface area (Å²) < 4.78 is 5.33. The Hall–Kier alpha value is -1.50. The van der Waals surface area contributed by atoms with Gasteiger partial charge in [0.25, 0.3) is 0 Å². The lowest BCUT2D eigenvalue weighted by molar-refractivity contribution is 0.273. The first kappa shape index (κ1) is 15.9. The molecule has 0 radical (unpaired) electrons. The van der Waals surface area contributed by atoms with Gasteiger partial charge in [0.1, 0.15) is 12.4 Å². The summed E-state index contributed by atoms with van der Waals surface area (Å²) in [5.41, 5.74) is 2.17. The Kier molecular flexibility index (Phi) is 6.10. The van der Waals surface area contributed by atoms with E-state index in [1.54, 1.807) is 7.11 Å². The van der Waals surface area contributed by atoms with Crippen molar-refractivity contribution in [3.8, 4) is 17.6 Å². The molecule has 1 aliphatic heterocycles. The maximum absolute atomic E-state index is 8.90. The minimum atomic E-state index is -0.104. The minimum absolute atomic E-state index is 0.104. The highest BCUT2D eigenvalue weighted by atomic mass is 16.5. The van der Waals surface area contributed by atoms with E-state index in [1.165, 1.54) is 24.8 Å². The van der Waals surface area contributed by atoms with Gasteiger partial charge in [0.15, 0.2) is 0 Å². The lowest BCUT2D eigenvalue weighted by Crippen LogP contribution is -2.24. The Morgan fingerprint density at radius 1 is 1.33 bits per heavy atom. The molecule has 21 heavy (non-hydrogen) atoms. The molecule has 3 nitrogen and oxygen atoms in total. The van der Waals surface area contributed by atoms with E-state index in [2.05, 4.69) is 29.7 Å². The van der Waals surface area contributed by atoms with Crippen LogP contribution >= 0.6 is 0 Å². The smallest absolute Gasteiger partial charge is 0.119 e. The molecule has 1 saturated heterocycles. The maximum Gasteiger partial charge on any atom is 0.119 e. The van der Waals surface area contributed by atoms with Crippen LogP contribution in [0.15, 0.2) is 18.2 Å². The van der Waals surface area contributed by atoms with Crippen molar-refractivity contribution in [2.45, 2.75) is 32.7 Å². The molecule has 1 N–H and O–H groups in total. The topological polar surface area (TPSA) is 32.7 Å². The quantitative estimate of drug-likeness (QED) is 0.868. The summed E-state index contributed by atoms with van der Waals surface area (Å²) in [7, 11) is 1.69. The standard InChI is InChI=1S/C18H25NO2/c1-15-5-3-10-19(11-9-15)14-17-13-18(21-2)8-7-16(17)6-4-12-20/h7-8,13,15,20H,3,5,9-12,14H2,1-2H3. The molecule has 1 atom stereocenters. The van der Waals surface area contributed by atoms with Crippen LogP contribution in [-0.2, 0) is 6.54 Å². The zero-order valence-electron chi connectivity index (χ0n) is 13.1. The summed E-state index contributed by atoms with van der Waals surface area (Å²) in [4.78, 5) is 2.50. The molecule has 0 amide bonds. The molecular weight excluding hydrogens is 262 g/mol. The van der Waals surface area contributed by atoms with Gasteiger partial charge in [-0.3, -0.25) is 4.90 Å². The molecule has 2 rings (SSSR count). The summed E-state index contributed by atoms with van der Waals surface area (Å²) in [6, 6.07) is 5.97. The lowest BCUT2D eigenvalue weighted by atomic mass is 10.0. The van der Waals surface area contributed by atoms with Crippen LogP contribution in [0.5, 0.6) is 5.75 Å². The van der Waals surface area contributed by atoms with Crippen LogP contribution in [0.1, 0.15) is 37.3 Å². The number of rotatable bonds is 3. The van der Waals surface area contributed by atoms with E-state index in [0.29, 0.717) is 0 Å². The van der Waals surface area contributed by atoms with Gasteiger partial charge in [-0.15, -0.1) is 0 Å². The number of aliphatic hydroxyl groups excluding tert-OH is 1. The summed E-state index contributed by atoms with van der Waals surface area (Å²) in [5, 5.41) is 8.90. The molecule has 1 unspecified atom stereocenters. The Morgan fingerprint density at radius 2 is 2.19 bits per heavy atom. The van der Waals surface area contributed by atoms with E-state index < -0.39 is 0 Å². The Bertz CT molecular complexity index is 516. The average Bonchev–Trinajstić information content (AvgIpc) is 2.70. The van der Waals surface area contributed by atoms with Crippen LogP contribution < -0.4 is 4.74 Å². The predicted octanol–water partition coefficient (Wildman–Crippen LogP) is 2.66. The summed E-state index contributed by atoms with van der Waals surface area (Å²) in [6.45, 7) is 5.43. The average molecular weight is 287 g/mol. The maximum atomic E-state index is 8.90. The fourth-order valence-corrected chi connectivity index (χ4v) is 2.81. The SMILES string of the molecule is COc1ccc(C#CCO)c(CN2CCCC(C)CC2)c1. The van der Waals surface area contributed by atoms with E-state index in [0.717, 1.165) is 36.9 Å². The molecule has 0 bridgehead atoms. The molecule has 1 aromatic carbocycles. The zero-order chi connectivity index (χ0) is 15.1. The van der Waals surface area contributed by atoms with Gasteiger partial charge in [0.2, 0.25) is 0 Å². The number of ether oxygens (including phenoxy) is 1. The first-order chi connectivity index (χ1) is 10.2. The van der Waals surface area contributed by atoms with Crippen molar-refractivity contribution in [3.05, 3.63) is 29.3 Å². The van der Waals surface area contributed by atoms with Crippen molar-refractivity contribution in [3.63, 3.8) is 0 Å². The minimum Gasteiger partial charge on any atom is -0.497 e. The van der Waals surface area contributed by atoms with Gasteiger partial charge in [0, 0.05) is 12.1 Å². The molecule has 0 spiro atoms. The van der Waals surface area contributed by atoms with Gasteiger partial charge in [-0.05, 0) is 62.0 Å². The van der Waals surface area contributed by atoms with Gasteiger partial charge in [0.05, 0.1) is 7.11 Å². The van der Waals surface area contributed by atoms with E-state index in [4.69, 9.17) is 9.84 Å². The van der Waals surface area contributed by atoms with Crippen LogP contribution in [0.2, 0.25) is 0 Å². The first-order valence-corrected chi connectivity index (χ1v) is 7.72. The highest BCUT2D eigenvalue weighted by Crippen LogP contribution is 2.22. The number of aliphatic hydroxyl groups is 1. The molecule has 0 saturated carbocycles. The fraction of sp³-hybridized carbons (Fsp3) is 0.556. The molecule has 1 aliphatic rings. The summed E-state index contributed by atoms with van der Waals surface area (Å²) in [5.74, 6) is 7.48. The first-order valence-electron chi connectivity index (χ1n) is 7.72. The summed E-state index contributed by atoms with van der Waals surface area (Å²) >= 11 is 0. The van der Waals surface area contributed by atoms with Crippen LogP contribution in [0.3, 0.4) is 0 Å². The van der Waals surface area contributed by atoms with Crippen molar-refractivity contribution in [2.75, 3.05) is 26.8 Å². The molecule has 3 heteroatoms. The second kappa shape index (κ2) is 8.07. The van der Waals surface area contributed by atoms with Gasteiger partial charge in [-0.2, -0.15) is 0 Å². The normalized spacial score (nSPS) is 19.5. The molecular formula is C18H25NO2. The molecule has 1 fully saturated rings. The van der Waals surface area contributed by atoms with Gasteiger partial charge < -0.3 is 9.84 Å². The van der Waals surface area contributed by atoms with Crippen molar-refractivity contribution < 1.29 is 9.84 Å². The van der Waals surface area contributed by atoms with Crippen molar-refractivity contribution >= 4 is 0 Å². The van der Waals surface area contributed by atoms with Crippen LogP contribution in [0, 0.1) is 17.8 Å². The number of hydrogen-bond donors (Lipinski definition) is 1. The highest BCUT2D eigenvalue weighted by Gasteiger charge is 2.15. The monoisotopic (exact) mass is 287 g/mol. The molecule has 0 aliphatic carbocycles. The van der Waals surface area contributed by atoms with Gasteiger partial charge in [-0.25, -0.2) is 0 Å². The Morgan fingerprint density at radius 3 is 2.95 bits per heavy atom. The predicted molar refractivity (Wildman–Crippen MR) is 85.2 cm³/mol. The van der Waals surface area contributed by atoms with Crippen molar-refractivity contribution in [1.82, 2.24) is 4.90 Å². The number of hydrogen-bond acceptors (Lipinski definition) is 3. The van der Waals surface area contributed by atoms with Crippen molar-refractivity contribution in [2.24, 2.45) is 5.92 Å². The summed E-state index contributed by atoms with van der Waals surface area (Å²) in [6.07, 6.45) is 3.86. The fourth-order valence-electron chi connectivity index (χ4n) is 2.81. The molecule has 114 valence electrons. The second-order valence-electron chi connectivity index (χ2n) is 5.80. The number of likely N-dealkylation sites (tertiary alicyclic amines) is 1. The van der Waals surface area contributed by atoms with Crippen molar-refractivity contribution in [1.29, 1.82) is 0 Å². The van der Waals surface area contributed by atoms with E-state index >= 15 is 0 Å². The third-order valence-electron chi connectivity index (χ3n) is 4.12. The van der Waals surface area contributed by atoms with Crippen LogP contribution in [0.4, 0.5) is 0 Å². The zero-order valence-corrected chi connectivity index (χ0v) is 13.1. The Balaban J connectivity index is 2.16. The van der Waals surface area contributed by atoms with E-state index in [9.17, 15) is 0 Å². The largest absolute Gasteiger partial charge is 0.497 e.